The average Bonchev–Trinajstić information content (AvgIpc) is 2.56. The fourth-order valence-electron chi connectivity index (χ4n) is 2.91. The molecule has 3 rings (SSSR count). The van der Waals surface area contributed by atoms with Crippen LogP contribution in [0.2, 0.25) is 0 Å². The molecule has 0 amide bonds. The molecule has 0 unspecified atom stereocenters. The van der Waals surface area contributed by atoms with E-state index in [2.05, 4.69) is 5.10 Å². The van der Waals surface area contributed by atoms with Gasteiger partial charge in [-0.25, -0.2) is 8.42 Å². The first-order chi connectivity index (χ1) is 10.6. The Hall–Kier alpha value is -1.95. The molecule has 0 radical (unpaired) electrons. The van der Waals surface area contributed by atoms with Crippen LogP contribution in [0.3, 0.4) is 0 Å². The van der Waals surface area contributed by atoms with Crippen LogP contribution in [0.5, 0.6) is 0 Å². The maximum absolute atomic E-state index is 12.6. The zero-order chi connectivity index (χ0) is 15.6. The number of hydrogen-bond donors (Lipinski definition) is 0. The first-order valence-corrected chi connectivity index (χ1v) is 9.04. The first-order valence-electron chi connectivity index (χ1n) is 7.49. The molecule has 22 heavy (non-hydrogen) atoms. The minimum atomic E-state index is -3.60. The summed E-state index contributed by atoms with van der Waals surface area (Å²) in [5, 5.41) is 15.3. The van der Waals surface area contributed by atoms with E-state index in [1.165, 1.54) is 6.07 Å². The second-order valence-corrected chi connectivity index (χ2v) is 7.78. The minimum absolute atomic E-state index is 0.237. The lowest BCUT2D eigenvalue weighted by Crippen LogP contribution is -2.41. The Morgan fingerprint density at radius 1 is 1.00 bits per heavy atom. The van der Waals surface area contributed by atoms with E-state index in [1.807, 2.05) is 30.3 Å². The predicted octanol–water partition coefficient (Wildman–Crippen LogP) is 2.49. The summed E-state index contributed by atoms with van der Waals surface area (Å²) in [6, 6.07) is 12.2. The fourth-order valence-corrected chi connectivity index (χ4v) is 4.72. The molecule has 1 aliphatic rings. The summed E-state index contributed by atoms with van der Waals surface area (Å²) < 4.78 is 25.2. The van der Waals surface area contributed by atoms with Gasteiger partial charge >= 0.3 is 5.03 Å². The minimum Gasteiger partial charge on any atom is -0.593 e. The molecule has 1 aromatic carbocycles. The normalized spacial score (nSPS) is 16.5. The van der Waals surface area contributed by atoms with E-state index in [1.54, 1.807) is 6.07 Å². The molecule has 0 atom stereocenters. The first kappa shape index (κ1) is 15.0. The number of nitrogens with zero attached hydrogens (tertiary/aromatic N) is 2. The summed E-state index contributed by atoms with van der Waals surface area (Å²) in [5.74, 6) is 0. The molecule has 1 aromatic heterocycles. The molecule has 6 heteroatoms. The van der Waals surface area contributed by atoms with Crippen molar-refractivity contribution in [3.8, 4) is 11.3 Å². The SMILES string of the molecule is O=S(=O)(c1ccc(-c2ccccc2)n[n+]1[O-])C1CCCCC1. The van der Waals surface area contributed by atoms with E-state index in [0.29, 0.717) is 18.5 Å². The summed E-state index contributed by atoms with van der Waals surface area (Å²) in [6.45, 7) is 0. The van der Waals surface area contributed by atoms with Gasteiger partial charge in [0.1, 0.15) is 5.69 Å². The molecule has 1 heterocycles. The molecule has 1 saturated carbocycles. The van der Waals surface area contributed by atoms with Crippen molar-refractivity contribution >= 4 is 9.84 Å². The predicted molar refractivity (Wildman–Crippen MR) is 82.7 cm³/mol. The Morgan fingerprint density at radius 2 is 1.68 bits per heavy atom. The van der Waals surface area contributed by atoms with Gasteiger partial charge in [0.15, 0.2) is 0 Å². The zero-order valence-corrected chi connectivity index (χ0v) is 13.0. The van der Waals surface area contributed by atoms with Gasteiger partial charge < -0.3 is 5.21 Å². The van der Waals surface area contributed by atoms with Gasteiger partial charge in [-0.1, -0.05) is 49.6 Å². The monoisotopic (exact) mass is 318 g/mol. The highest BCUT2D eigenvalue weighted by Crippen LogP contribution is 2.27. The number of hydrogen-bond acceptors (Lipinski definition) is 4. The van der Waals surface area contributed by atoms with Gasteiger partial charge in [-0.05, 0) is 23.8 Å². The highest BCUT2D eigenvalue weighted by Gasteiger charge is 2.35. The Labute approximate surface area is 130 Å². The molecule has 116 valence electrons. The van der Waals surface area contributed by atoms with Crippen molar-refractivity contribution < 1.29 is 13.3 Å². The van der Waals surface area contributed by atoms with Crippen molar-refractivity contribution in [3.05, 3.63) is 47.7 Å². The van der Waals surface area contributed by atoms with Crippen LogP contribution in [-0.4, -0.2) is 18.8 Å². The van der Waals surface area contributed by atoms with E-state index >= 15 is 0 Å². The molecule has 0 N–H and O–H groups in total. The third-order valence-corrected chi connectivity index (χ3v) is 6.35. The van der Waals surface area contributed by atoms with Crippen LogP contribution in [0.1, 0.15) is 32.1 Å². The van der Waals surface area contributed by atoms with Crippen molar-refractivity contribution in [3.63, 3.8) is 0 Å². The molecule has 2 aromatic rings. The van der Waals surface area contributed by atoms with Gasteiger partial charge in [0.05, 0.1) is 5.25 Å². The molecule has 1 aliphatic carbocycles. The van der Waals surface area contributed by atoms with E-state index in [9.17, 15) is 13.6 Å². The molecule has 0 aliphatic heterocycles. The lowest BCUT2D eigenvalue weighted by molar-refractivity contribution is -0.706. The second kappa shape index (κ2) is 6.04. The van der Waals surface area contributed by atoms with Gasteiger partial charge in [0, 0.05) is 16.7 Å². The molecule has 0 spiro atoms. The lowest BCUT2D eigenvalue weighted by Gasteiger charge is -2.20. The van der Waals surface area contributed by atoms with E-state index in [0.717, 1.165) is 24.8 Å². The topological polar surface area (TPSA) is 74.0 Å². The van der Waals surface area contributed by atoms with Crippen molar-refractivity contribution in [1.82, 2.24) is 5.10 Å². The number of aromatic nitrogens is 2. The van der Waals surface area contributed by atoms with Gasteiger partial charge in [-0.15, -0.1) is 0 Å². The summed E-state index contributed by atoms with van der Waals surface area (Å²) >= 11 is 0. The number of sulfone groups is 1. The molecule has 0 saturated heterocycles. The van der Waals surface area contributed by atoms with E-state index in [-0.39, 0.29) is 9.87 Å². The van der Waals surface area contributed by atoms with Crippen LogP contribution in [0.25, 0.3) is 11.3 Å². The van der Waals surface area contributed by atoms with Gasteiger partial charge in [-0.3, -0.25) is 0 Å². The summed E-state index contributed by atoms with van der Waals surface area (Å²) in [7, 11) is -3.60. The second-order valence-electron chi connectivity index (χ2n) is 5.60. The third kappa shape index (κ3) is 2.83. The van der Waals surface area contributed by atoms with Gasteiger partial charge in [0.25, 0.3) is 0 Å². The van der Waals surface area contributed by atoms with Crippen LogP contribution < -0.4 is 4.85 Å². The van der Waals surface area contributed by atoms with Crippen LogP contribution in [0.15, 0.2) is 47.5 Å². The summed E-state index contributed by atoms with van der Waals surface area (Å²) in [5.41, 5.74) is 1.26. The van der Waals surface area contributed by atoms with Gasteiger partial charge in [-0.2, -0.15) is 0 Å². The third-order valence-electron chi connectivity index (χ3n) is 4.12. The Balaban J connectivity index is 1.95. The number of benzene rings is 1. The molecular formula is C16H18N2O3S. The average molecular weight is 318 g/mol. The molecule has 0 bridgehead atoms. The van der Waals surface area contributed by atoms with Gasteiger partial charge in [0.2, 0.25) is 9.84 Å². The van der Waals surface area contributed by atoms with Crippen LogP contribution >= 0.6 is 0 Å². The largest absolute Gasteiger partial charge is 0.593 e. The van der Waals surface area contributed by atoms with Crippen molar-refractivity contribution in [2.24, 2.45) is 0 Å². The van der Waals surface area contributed by atoms with Crippen molar-refractivity contribution in [2.45, 2.75) is 42.4 Å². The van der Waals surface area contributed by atoms with Crippen LogP contribution in [0.4, 0.5) is 0 Å². The maximum Gasteiger partial charge on any atom is 0.335 e. The van der Waals surface area contributed by atoms with Crippen LogP contribution in [-0.2, 0) is 9.84 Å². The fraction of sp³-hybridized carbons (Fsp3) is 0.375. The smallest absolute Gasteiger partial charge is 0.335 e. The summed E-state index contributed by atoms with van der Waals surface area (Å²) in [6.07, 6.45) is 4.12. The van der Waals surface area contributed by atoms with Crippen molar-refractivity contribution in [1.29, 1.82) is 0 Å². The van der Waals surface area contributed by atoms with E-state index in [4.69, 9.17) is 0 Å². The van der Waals surface area contributed by atoms with E-state index < -0.39 is 15.1 Å². The molecule has 5 nitrogen and oxygen atoms in total. The Kier molecular flexibility index (Phi) is 4.11. The molecule has 1 fully saturated rings. The van der Waals surface area contributed by atoms with Crippen molar-refractivity contribution in [2.75, 3.05) is 0 Å². The number of rotatable bonds is 3. The maximum atomic E-state index is 12.6. The summed E-state index contributed by atoms with van der Waals surface area (Å²) in [4.78, 5) is 0.256. The zero-order valence-electron chi connectivity index (χ0n) is 12.2. The quantitative estimate of drug-likeness (QED) is 0.644. The molecular weight excluding hydrogens is 300 g/mol. The van der Waals surface area contributed by atoms with Crippen LogP contribution in [0, 0.1) is 5.21 Å². The Morgan fingerprint density at radius 3 is 2.32 bits per heavy atom. The highest BCUT2D eigenvalue weighted by molar-refractivity contribution is 7.91. The standard InChI is InChI=1S/C16H18N2O3S/c19-18-16(22(20,21)14-9-5-2-6-10-14)12-11-15(17-18)13-7-3-1-4-8-13/h1,3-4,7-8,11-12,14H,2,5-6,9-10H2. The highest BCUT2D eigenvalue weighted by atomic mass is 32.2. The lowest BCUT2D eigenvalue weighted by atomic mass is 10.0. The Bertz CT molecular complexity index is 754.